The molecule has 0 aromatic rings. The second kappa shape index (κ2) is 3.58. The van der Waals surface area contributed by atoms with Crippen molar-refractivity contribution in [2.24, 2.45) is 11.8 Å². The normalized spacial score (nSPS) is 45.7. The maximum atomic E-state index is 5.63. The van der Waals surface area contributed by atoms with Gasteiger partial charge in [-0.25, -0.2) is 4.84 Å². The van der Waals surface area contributed by atoms with Crippen LogP contribution in [0.1, 0.15) is 32.1 Å². The van der Waals surface area contributed by atoms with E-state index in [1.807, 2.05) is 7.11 Å². The highest BCUT2D eigenvalue weighted by atomic mass is 16.7. The minimum Gasteiger partial charge on any atom is -0.206 e. The Morgan fingerprint density at radius 1 is 1.00 bits per heavy atom. The molecule has 0 radical (unpaired) electrons. The lowest BCUT2D eigenvalue weighted by Crippen LogP contribution is -2.48. The van der Waals surface area contributed by atoms with Crippen molar-refractivity contribution in [2.75, 3.05) is 27.2 Å². The molecule has 0 N–H and O–H groups in total. The molecule has 0 spiro atoms. The van der Waals surface area contributed by atoms with Gasteiger partial charge in [0, 0.05) is 11.8 Å². The molecule has 2 fully saturated rings. The van der Waals surface area contributed by atoms with Gasteiger partial charge in [-0.05, 0) is 25.7 Å². The second-order valence-corrected chi connectivity index (χ2v) is 5.08. The predicted octanol–water partition coefficient (Wildman–Crippen LogP) is 2.20. The number of hydroxylamine groups is 3. The number of nitrogens with zero attached hydrogens (tertiary/aromatic N) is 1. The van der Waals surface area contributed by atoms with Crippen LogP contribution in [0.3, 0.4) is 0 Å². The highest BCUT2D eigenvalue weighted by Crippen LogP contribution is 2.34. The van der Waals surface area contributed by atoms with E-state index in [1.165, 1.54) is 45.2 Å². The first-order chi connectivity index (χ1) is 6.22. The second-order valence-electron chi connectivity index (χ2n) is 5.08. The maximum absolute atomic E-state index is 5.63. The van der Waals surface area contributed by atoms with Gasteiger partial charge in [-0.15, -0.1) is 0 Å². The highest BCUT2D eigenvalue weighted by molar-refractivity contribution is 4.73. The van der Waals surface area contributed by atoms with Crippen LogP contribution in [0.4, 0.5) is 0 Å². The predicted molar refractivity (Wildman–Crippen MR) is 53.0 cm³/mol. The third-order valence-corrected chi connectivity index (χ3v) is 3.94. The zero-order valence-electron chi connectivity index (χ0n) is 8.96. The Bertz CT molecular complexity index is 167. The summed E-state index contributed by atoms with van der Waals surface area (Å²) in [6.45, 7) is 2.49. The standard InChI is InChI=1S/C11H22NO/c1-12(13-2)8-10-4-3-5-11(9-12)7-6-10/h10-11H,3-9H2,1-2H3/q+1. The van der Waals surface area contributed by atoms with Crippen LogP contribution in [0.5, 0.6) is 0 Å². The van der Waals surface area contributed by atoms with E-state index in [2.05, 4.69) is 7.05 Å². The minimum absolute atomic E-state index is 0.856. The molecule has 1 aliphatic heterocycles. The number of likely N-dealkylation sites (tertiary alicyclic amines) is 1. The monoisotopic (exact) mass is 184 g/mol. The van der Waals surface area contributed by atoms with Gasteiger partial charge in [-0.3, -0.25) is 0 Å². The van der Waals surface area contributed by atoms with Crippen LogP contribution >= 0.6 is 0 Å². The summed E-state index contributed by atoms with van der Waals surface area (Å²) in [6.07, 6.45) is 7.23. The molecule has 1 saturated heterocycles. The van der Waals surface area contributed by atoms with Gasteiger partial charge in [0.2, 0.25) is 0 Å². The van der Waals surface area contributed by atoms with Gasteiger partial charge >= 0.3 is 0 Å². The SMILES string of the molecule is CO[N+]1(C)CC2CCCC(CC2)C1. The molecule has 1 heterocycles. The Balaban J connectivity index is 2.11. The summed E-state index contributed by atoms with van der Waals surface area (Å²) in [4.78, 5) is 5.63. The Labute approximate surface area is 81.4 Å². The zero-order chi connectivity index (χ0) is 9.31. The van der Waals surface area contributed by atoms with Gasteiger partial charge < -0.3 is 0 Å². The van der Waals surface area contributed by atoms with Crippen molar-refractivity contribution in [1.82, 2.24) is 0 Å². The molecule has 0 amide bonds. The summed E-state index contributed by atoms with van der Waals surface area (Å²) >= 11 is 0. The summed E-state index contributed by atoms with van der Waals surface area (Å²) < 4.78 is 0.856. The van der Waals surface area contributed by atoms with Gasteiger partial charge in [-0.1, -0.05) is 6.42 Å². The summed E-state index contributed by atoms with van der Waals surface area (Å²) in [5, 5.41) is 0. The zero-order valence-corrected chi connectivity index (χ0v) is 8.96. The molecule has 13 heavy (non-hydrogen) atoms. The smallest absolute Gasteiger partial charge is 0.111 e. The van der Waals surface area contributed by atoms with Crippen molar-refractivity contribution in [3.63, 3.8) is 0 Å². The lowest BCUT2D eigenvalue weighted by Gasteiger charge is -2.34. The third kappa shape index (κ3) is 2.05. The number of hydrogen-bond acceptors (Lipinski definition) is 1. The molecule has 2 atom stereocenters. The molecule has 2 rings (SSSR count). The Morgan fingerprint density at radius 2 is 1.54 bits per heavy atom. The van der Waals surface area contributed by atoms with E-state index in [-0.39, 0.29) is 0 Å². The van der Waals surface area contributed by atoms with E-state index in [1.54, 1.807) is 0 Å². The average molecular weight is 184 g/mol. The Morgan fingerprint density at radius 3 is 2.00 bits per heavy atom. The van der Waals surface area contributed by atoms with E-state index in [0.29, 0.717) is 0 Å². The van der Waals surface area contributed by atoms with E-state index >= 15 is 0 Å². The first-order valence-electron chi connectivity index (χ1n) is 5.62. The van der Waals surface area contributed by atoms with Crippen molar-refractivity contribution in [3.05, 3.63) is 0 Å². The summed E-state index contributed by atoms with van der Waals surface area (Å²) in [7, 11) is 4.11. The van der Waals surface area contributed by atoms with Crippen LogP contribution in [0.2, 0.25) is 0 Å². The number of rotatable bonds is 1. The largest absolute Gasteiger partial charge is 0.206 e. The van der Waals surface area contributed by atoms with Crippen LogP contribution in [0.25, 0.3) is 0 Å². The number of quaternary nitrogens is 1. The van der Waals surface area contributed by atoms with Gasteiger partial charge in [-0.2, -0.15) is 4.65 Å². The Hall–Kier alpha value is -0.0800. The topological polar surface area (TPSA) is 9.23 Å². The van der Waals surface area contributed by atoms with E-state index in [0.717, 1.165) is 16.5 Å². The Kier molecular flexibility index (Phi) is 2.61. The van der Waals surface area contributed by atoms with Crippen LogP contribution in [-0.2, 0) is 4.84 Å². The molecule has 1 saturated carbocycles. The molecule has 2 bridgehead atoms. The fourth-order valence-electron chi connectivity index (χ4n) is 3.14. The molecular weight excluding hydrogens is 162 g/mol. The van der Waals surface area contributed by atoms with Crippen molar-refractivity contribution in [2.45, 2.75) is 32.1 Å². The molecule has 1 aliphatic carbocycles. The molecule has 76 valence electrons. The van der Waals surface area contributed by atoms with Crippen molar-refractivity contribution in [3.8, 4) is 0 Å². The van der Waals surface area contributed by atoms with E-state index < -0.39 is 0 Å². The lowest BCUT2D eigenvalue weighted by molar-refractivity contribution is -1.09. The first-order valence-corrected chi connectivity index (χ1v) is 5.62. The van der Waals surface area contributed by atoms with Crippen molar-refractivity contribution >= 4 is 0 Å². The van der Waals surface area contributed by atoms with Crippen molar-refractivity contribution < 1.29 is 9.48 Å². The summed E-state index contributed by atoms with van der Waals surface area (Å²) in [6, 6.07) is 0. The third-order valence-electron chi connectivity index (χ3n) is 3.94. The van der Waals surface area contributed by atoms with E-state index in [9.17, 15) is 0 Å². The number of fused-ring (bicyclic) bond motifs is 3. The quantitative estimate of drug-likeness (QED) is 0.568. The highest BCUT2D eigenvalue weighted by Gasteiger charge is 2.36. The molecule has 0 aromatic heterocycles. The van der Waals surface area contributed by atoms with Crippen LogP contribution < -0.4 is 0 Å². The fourth-order valence-corrected chi connectivity index (χ4v) is 3.14. The van der Waals surface area contributed by atoms with E-state index in [4.69, 9.17) is 4.84 Å². The molecule has 2 aliphatic rings. The van der Waals surface area contributed by atoms with Crippen molar-refractivity contribution in [1.29, 1.82) is 0 Å². The van der Waals surface area contributed by atoms with Gasteiger partial charge in [0.25, 0.3) is 0 Å². The number of hydrogen-bond donors (Lipinski definition) is 0. The molecular formula is C11H22NO+. The average Bonchev–Trinajstić information content (AvgIpc) is 2.37. The van der Waals surface area contributed by atoms with Gasteiger partial charge in [0.1, 0.15) is 13.1 Å². The van der Waals surface area contributed by atoms with Gasteiger partial charge in [0.05, 0.1) is 14.2 Å². The first kappa shape index (κ1) is 9.47. The van der Waals surface area contributed by atoms with Crippen LogP contribution in [0, 0.1) is 11.8 Å². The fraction of sp³-hybridized carbons (Fsp3) is 1.00. The minimum atomic E-state index is 0.856. The summed E-state index contributed by atoms with van der Waals surface area (Å²) in [5.74, 6) is 1.86. The molecule has 0 aromatic carbocycles. The summed E-state index contributed by atoms with van der Waals surface area (Å²) in [5.41, 5.74) is 0. The van der Waals surface area contributed by atoms with Crippen LogP contribution in [0.15, 0.2) is 0 Å². The molecule has 2 heteroatoms. The van der Waals surface area contributed by atoms with Crippen LogP contribution in [-0.4, -0.2) is 31.9 Å². The molecule has 2 nitrogen and oxygen atoms in total. The maximum Gasteiger partial charge on any atom is 0.111 e. The molecule has 2 unspecified atom stereocenters. The van der Waals surface area contributed by atoms with Gasteiger partial charge in [0.15, 0.2) is 0 Å². The lowest BCUT2D eigenvalue weighted by atomic mass is 10.00.